The Morgan fingerprint density at radius 3 is 3.22 bits per heavy atom. The molecule has 0 saturated carbocycles. The largest absolute Gasteiger partial charge is 0.376 e. The van der Waals surface area contributed by atoms with E-state index in [0.29, 0.717) is 6.54 Å². The molecule has 0 aromatic carbocycles. The molecule has 5 heteroatoms. The topological polar surface area (TPSA) is 63.2 Å². The number of aromatic nitrogens is 1. The van der Waals surface area contributed by atoms with Gasteiger partial charge < -0.3 is 15.4 Å². The van der Waals surface area contributed by atoms with E-state index >= 15 is 0 Å². The van der Waals surface area contributed by atoms with Crippen molar-refractivity contribution >= 4 is 6.03 Å². The van der Waals surface area contributed by atoms with Crippen LogP contribution in [0, 0.1) is 0 Å². The predicted octanol–water partition coefficient (Wildman–Crippen LogP) is 1.45. The number of nitrogens with zero attached hydrogens (tertiary/aromatic N) is 1. The molecule has 2 atom stereocenters. The van der Waals surface area contributed by atoms with E-state index in [0.717, 1.165) is 25.0 Å². The van der Waals surface area contributed by atoms with Crippen LogP contribution in [0.1, 0.15) is 25.3 Å². The second kappa shape index (κ2) is 6.35. The molecule has 1 fully saturated rings. The Morgan fingerprint density at radius 2 is 2.56 bits per heavy atom. The highest BCUT2D eigenvalue weighted by atomic mass is 16.5. The molecule has 2 N–H and O–H groups in total. The number of hydrogen-bond acceptors (Lipinski definition) is 3. The quantitative estimate of drug-likeness (QED) is 0.849. The van der Waals surface area contributed by atoms with Crippen molar-refractivity contribution in [3.8, 4) is 0 Å². The number of urea groups is 1. The molecule has 2 heterocycles. The van der Waals surface area contributed by atoms with E-state index in [2.05, 4.69) is 15.6 Å². The minimum Gasteiger partial charge on any atom is -0.376 e. The summed E-state index contributed by atoms with van der Waals surface area (Å²) in [6, 6.07) is 3.66. The summed E-state index contributed by atoms with van der Waals surface area (Å²) in [5.41, 5.74) is 0.984. The van der Waals surface area contributed by atoms with Gasteiger partial charge in [-0.1, -0.05) is 6.07 Å². The Hall–Kier alpha value is -1.62. The SMILES string of the molecule is C[C@@H](NC(=O)NCc1cccnc1)[C@H]1CCCO1. The lowest BCUT2D eigenvalue weighted by molar-refractivity contribution is 0.0860. The third-order valence-corrected chi connectivity index (χ3v) is 3.06. The van der Waals surface area contributed by atoms with Gasteiger partial charge in [0.15, 0.2) is 0 Å². The van der Waals surface area contributed by atoms with Gasteiger partial charge in [0.05, 0.1) is 12.1 Å². The summed E-state index contributed by atoms with van der Waals surface area (Å²) in [7, 11) is 0. The fraction of sp³-hybridized carbons (Fsp3) is 0.538. The predicted molar refractivity (Wildman–Crippen MR) is 68.0 cm³/mol. The molecule has 2 rings (SSSR count). The van der Waals surface area contributed by atoms with Crippen LogP contribution in [-0.2, 0) is 11.3 Å². The summed E-state index contributed by atoms with van der Waals surface area (Å²) < 4.78 is 5.53. The minimum atomic E-state index is -0.165. The molecule has 2 amide bonds. The average molecular weight is 249 g/mol. The van der Waals surface area contributed by atoms with Gasteiger partial charge in [0, 0.05) is 25.5 Å². The molecule has 1 aliphatic rings. The van der Waals surface area contributed by atoms with Crippen molar-refractivity contribution in [2.75, 3.05) is 6.61 Å². The lowest BCUT2D eigenvalue weighted by atomic mass is 10.1. The Balaban J connectivity index is 1.71. The molecule has 1 aromatic heterocycles. The first kappa shape index (κ1) is 12.8. The van der Waals surface area contributed by atoms with Crippen LogP contribution in [0.5, 0.6) is 0 Å². The van der Waals surface area contributed by atoms with Crippen molar-refractivity contribution in [3.05, 3.63) is 30.1 Å². The van der Waals surface area contributed by atoms with Crippen LogP contribution >= 0.6 is 0 Å². The monoisotopic (exact) mass is 249 g/mol. The first-order chi connectivity index (χ1) is 8.75. The number of carbonyl (C=O) groups is 1. The number of carbonyl (C=O) groups excluding carboxylic acids is 1. The maximum Gasteiger partial charge on any atom is 0.315 e. The van der Waals surface area contributed by atoms with E-state index in [-0.39, 0.29) is 18.2 Å². The van der Waals surface area contributed by atoms with Crippen molar-refractivity contribution in [2.24, 2.45) is 0 Å². The van der Waals surface area contributed by atoms with Gasteiger partial charge in [-0.05, 0) is 31.4 Å². The van der Waals surface area contributed by atoms with Crippen LogP contribution in [0.3, 0.4) is 0 Å². The van der Waals surface area contributed by atoms with Gasteiger partial charge in [0.2, 0.25) is 0 Å². The Bertz CT molecular complexity index is 377. The van der Waals surface area contributed by atoms with Crippen molar-refractivity contribution in [1.29, 1.82) is 0 Å². The normalized spacial score (nSPS) is 20.4. The van der Waals surface area contributed by atoms with Crippen LogP contribution in [0.4, 0.5) is 4.79 Å². The van der Waals surface area contributed by atoms with Gasteiger partial charge in [-0.3, -0.25) is 4.98 Å². The molecule has 18 heavy (non-hydrogen) atoms. The van der Waals surface area contributed by atoms with Crippen LogP contribution in [0.2, 0.25) is 0 Å². The van der Waals surface area contributed by atoms with Gasteiger partial charge in [0.25, 0.3) is 0 Å². The molecule has 0 spiro atoms. The van der Waals surface area contributed by atoms with Crippen LogP contribution in [0.25, 0.3) is 0 Å². The van der Waals surface area contributed by atoms with Crippen LogP contribution in [-0.4, -0.2) is 29.8 Å². The molecular weight excluding hydrogens is 230 g/mol. The molecule has 0 radical (unpaired) electrons. The molecule has 5 nitrogen and oxygen atoms in total. The second-order valence-corrected chi connectivity index (χ2v) is 4.53. The molecule has 0 aliphatic carbocycles. The Labute approximate surface area is 107 Å². The van der Waals surface area contributed by atoms with E-state index in [1.54, 1.807) is 12.4 Å². The van der Waals surface area contributed by atoms with E-state index in [1.165, 1.54) is 0 Å². The molecule has 1 saturated heterocycles. The van der Waals surface area contributed by atoms with Gasteiger partial charge in [-0.2, -0.15) is 0 Å². The number of rotatable bonds is 4. The number of amides is 2. The Kier molecular flexibility index (Phi) is 4.52. The van der Waals surface area contributed by atoms with Crippen molar-refractivity contribution in [3.63, 3.8) is 0 Å². The summed E-state index contributed by atoms with van der Waals surface area (Å²) >= 11 is 0. The van der Waals surface area contributed by atoms with Crippen molar-refractivity contribution in [2.45, 2.75) is 38.5 Å². The summed E-state index contributed by atoms with van der Waals surface area (Å²) in [6.07, 6.45) is 5.69. The number of pyridine rings is 1. The highest BCUT2D eigenvalue weighted by Crippen LogP contribution is 2.15. The standard InChI is InChI=1S/C13H19N3O2/c1-10(12-5-3-7-18-12)16-13(17)15-9-11-4-2-6-14-8-11/h2,4,6,8,10,12H,3,5,7,9H2,1H3,(H2,15,16,17)/t10-,12-/m1/s1. The number of hydrogen-bond donors (Lipinski definition) is 2. The Morgan fingerprint density at radius 1 is 1.67 bits per heavy atom. The third-order valence-electron chi connectivity index (χ3n) is 3.06. The number of nitrogens with one attached hydrogen (secondary N) is 2. The smallest absolute Gasteiger partial charge is 0.315 e. The van der Waals surface area contributed by atoms with E-state index in [1.807, 2.05) is 19.1 Å². The lowest BCUT2D eigenvalue weighted by Gasteiger charge is -2.20. The first-order valence-corrected chi connectivity index (χ1v) is 6.30. The van der Waals surface area contributed by atoms with E-state index in [4.69, 9.17) is 4.74 Å². The highest BCUT2D eigenvalue weighted by Gasteiger charge is 2.23. The van der Waals surface area contributed by atoms with Gasteiger partial charge in [-0.25, -0.2) is 4.79 Å². The minimum absolute atomic E-state index is 0.0430. The first-order valence-electron chi connectivity index (χ1n) is 6.30. The zero-order valence-electron chi connectivity index (χ0n) is 10.6. The lowest BCUT2D eigenvalue weighted by Crippen LogP contribution is -2.45. The molecule has 0 unspecified atom stereocenters. The third kappa shape index (κ3) is 3.70. The summed E-state index contributed by atoms with van der Waals surface area (Å²) in [5.74, 6) is 0. The zero-order valence-corrected chi connectivity index (χ0v) is 10.6. The van der Waals surface area contributed by atoms with Crippen molar-refractivity contribution in [1.82, 2.24) is 15.6 Å². The van der Waals surface area contributed by atoms with Crippen LogP contribution < -0.4 is 10.6 Å². The summed E-state index contributed by atoms with van der Waals surface area (Å²) in [4.78, 5) is 15.7. The second-order valence-electron chi connectivity index (χ2n) is 4.53. The molecule has 0 bridgehead atoms. The average Bonchev–Trinajstić information content (AvgIpc) is 2.91. The molecule has 98 valence electrons. The van der Waals surface area contributed by atoms with Crippen LogP contribution in [0.15, 0.2) is 24.5 Å². The maximum atomic E-state index is 11.7. The van der Waals surface area contributed by atoms with Gasteiger partial charge >= 0.3 is 6.03 Å². The molecule has 1 aromatic rings. The van der Waals surface area contributed by atoms with Crippen molar-refractivity contribution < 1.29 is 9.53 Å². The van der Waals surface area contributed by atoms with E-state index in [9.17, 15) is 4.79 Å². The summed E-state index contributed by atoms with van der Waals surface area (Å²) in [5, 5.41) is 5.70. The number of ether oxygens (including phenoxy) is 1. The fourth-order valence-electron chi connectivity index (χ4n) is 2.03. The molecular formula is C13H19N3O2. The zero-order chi connectivity index (χ0) is 12.8. The fourth-order valence-corrected chi connectivity index (χ4v) is 2.03. The maximum absolute atomic E-state index is 11.7. The molecule has 1 aliphatic heterocycles. The van der Waals surface area contributed by atoms with Gasteiger partial charge in [0.1, 0.15) is 0 Å². The van der Waals surface area contributed by atoms with Gasteiger partial charge in [-0.15, -0.1) is 0 Å². The summed E-state index contributed by atoms with van der Waals surface area (Å²) in [6.45, 7) is 3.26. The highest BCUT2D eigenvalue weighted by molar-refractivity contribution is 5.74. The van der Waals surface area contributed by atoms with E-state index < -0.39 is 0 Å².